The molecule has 2 aromatic carbocycles. The largest absolute Gasteiger partial charge is 0.457 e. The molecule has 1 saturated heterocycles. The van der Waals surface area contributed by atoms with Crippen LogP contribution in [0.4, 0.5) is 0 Å². The average Bonchev–Trinajstić information content (AvgIpc) is 3.42. The fourth-order valence-electron chi connectivity index (χ4n) is 3.93. The molecule has 1 aliphatic rings. The van der Waals surface area contributed by atoms with Gasteiger partial charge in [0.2, 0.25) is 5.78 Å². The Labute approximate surface area is 187 Å². The molecule has 0 saturated carbocycles. The fourth-order valence-corrected chi connectivity index (χ4v) is 3.93. The van der Waals surface area contributed by atoms with Crippen LogP contribution in [0.25, 0.3) is 0 Å². The van der Waals surface area contributed by atoms with E-state index < -0.39 is 5.97 Å². The quantitative estimate of drug-likeness (QED) is 0.365. The molecule has 3 aromatic rings. The fraction of sp³-hybridized carbons (Fsp3) is 0.308. The third kappa shape index (κ3) is 5.08. The standard InChI is InChI=1S/C26H27NO5/c1-18-15-24(19(2)27(18)16-23-9-6-14-30-23)25(28)17-31-26(29)20-10-12-22(13-11-20)32-21-7-4-3-5-8-21/h3-5,7-8,10-13,15,23H,6,9,14,16-17H2,1-2H3. The second-order valence-electron chi connectivity index (χ2n) is 7.97. The molecule has 2 heterocycles. The van der Waals surface area contributed by atoms with Crippen LogP contribution in [0.2, 0.25) is 0 Å². The highest BCUT2D eigenvalue weighted by molar-refractivity contribution is 6.00. The highest BCUT2D eigenvalue weighted by Gasteiger charge is 2.22. The molecule has 4 rings (SSSR count). The van der Waals surface area contributed by atoms with Crippen molar-refractivity contribution in [3.63, 3.8) is 0 Å². The molecule has 32 heavy (non-hydrogen) atoms. The number of carbonyl (C=O) groups excluding carboxylic acids is 2. The number of Topliss-reactive ketones (excluding diaryl/α,β-unsaturated/α-hetero) is 1. The number of carbonyl (C=O) groups is 2. The van der Waals surface area contributed by atoms with Crippen molar-refractivity contribution < 1.29 is 23.8 Å². The molecule has 1 atom stereocenters. The van der Waals surface area contributed by atoms with Gasteiger partial charge in [0, 0.05) is 30.1 Å². The molecule has 1 aliphatic heterocycles. The summed E-state index contributed by atoms with van der Waals surface area (Å²) in [7, 11) is 0. The van der Waals surface area contributed by atoms with Gasteiger partial charge >= 0.3 is 5.97 Å². The molecular weight excluding hydrogens is 406 g/mol. The van der Waals surface area contributed by atoms with Gasteiger partial charge in [0.1, 0.15) is 11.5 Å². The summed E-state index contributed by atoms with van der Waals surface area (Å²) in [6, 6.07) is 17.9. The Bertz CT molecular complexity index is 1080. The molecule has 6 heteroatoms. The van der Waals surface area contributed by atoms with Crippen molar-refractivity contribution in [1.82, 2.24) is 4.57 Å². The van der Waals surface area contributed by atoms with E-state index in [1.54, 1.807) is 24.3 Å². The molecule has 0 spiro atoms. The Morgan fingerprint density at radius 3 is 2.44 bits per heavy atom. The molecule has 0 amide bonds. The zero-order valence-electron chi connectivity index (χ0n) is 18.4. The molecule has 1 unspecified atom stereocenters. The lowest BCUT2D eigenvalue weighted by Gasteiger charge is -2.14. The van der Waals surface area contributed by atoms with Crippen LogP contribution in [0.1, 0.15) is 44.9 Å². The van der Waals surface area contributed by atoms with Gasteiger partial charge in [-0.15, -0.1) is 0 Å². The molecule has 1 aromatic heterocycles. The molecule has 1 fully saturated rings. The van der Waals surface area contributed by atoms with Crippen LogP contribution in [-0.2, 0) is 16.0 Å². The summed E-state index contributed by atoms with van der Waals surface area (Å²) in [5, 5.41) is 0. The monoisotopic (exact) mass is 433 g/mol. The van der Waals surface area contributed by atoms with Crippen molar-refractivity contribution in [2.45, 2.75) is 39.3 Å². The number of ketones is 1. The number of benzene rings is 2. The van der Waals surface area contributed by atoms with Gasteiger partial charge in [0.15, 0.2) is 6.61 Å². The highest BCUT2D eigenvalue weighted by Crippen LogP contribution is 2.22. The number of hydrogen-bond donors (Lipinski definition) is 0. The Kier molecular flexibility index (Phi) is 6.71. The van der Waals surface area contributed by atoms with E-state index >= 15 is 0 Å². The predicted octanol–water partition coefficient (Wildman–Crippen LogP) is 5.12. The van der Waals surface area contributed by atoms with E-state index in [1.807, 2.05) is 50.2 Å². The van der Waals surface area contributed by atoms with Gasteiger partial charge < -0.3 is 18.8 Å². The Morgan fingerprint density at radius 1 is 1.03 bits per heavy atom. The van der Waals surface area contributed by atoms with Crippen molar-refractivity contribution in [3.05, 3.63) is 83.2 Å². The summed E-state index contributed by atoms with van der Waals surface area (Å²) in [4.78, 5) is 25.1. The van der Waals surface area contributed by atoms with Gasteiger partial charge in [-0.1, -0.05) is 18.2 Å². The van der Waals surface area contributed by atoms with Gasteiger partial charge in [-0.2, -0.15) is 0 Å². The number of aryl methyl sites for hydroxylation is 1. The molecule has 0 bridgehead atoms. The lowest BCUT2D eigenvalue weighted by Crippen LogP contribution is -2.18. The minimum atomic E-state index is -0.544. The maximum absolute atomic E-state index is 12.7. The first-order valence-electron chi connectivity index (χ1n) is 10.8. The van der Waals surface area contributed by atoms with Crippen LogP contribution >= 0.6 is 0 Å². The zero-order valence-corrected chi connectivity index (χ0v) is 18.4. The Balaban J connectivity index is 1.34. The number of para-hydroxylation sites is 1. The van der Waals surface area contributed by atoms with Crippen LogP contribution < -0.4 is 4.74 Å². The minimum Gasteiger partial charge on any atom is -0.457 e. The number of nitrogens with zero attached hydrogens (tertiary/aromatic N) is 1. The van der Waals surface area contributed by atoms with Crippen molar-refractivity contribution in [1.29, 1.82) is 0 Å². The Morgan fingerprint density at radius 2 is 1.75 bits per heavy atom. The van der Waals surface area contributed by atoms with E-state index in [2.05, 4.69) is 4.57 Å². The van der Waals surface area contributed by atoms with Crippen LogP contribution in [-0.4, -0.2) is 35.6 Å². The second-order valence-corrected chi connectivity index (χ2v) is 7.97. The zero-order chi connectivity index (χ0) is 22.5. The summed E-state index contributed by atoms with van der Waals surface area (Å²) in [6.07, 6.45) is 2.30. The lowest BCUT2D eigenvalue weighted by molar-refractivity contribution is 0.0474. The molecule has 0 radical (unpaired) electrons. The first kappa shape index (κ1) is 21.8. The summed E-state index contributed by atoms with van der Waals surface area (Å²) >= 11 is 0. The van der Waals surface area contributed by atoms with Crippen LogP contribution in [0.15, 0.2) is 60.7 Å². The van der Waals surface area contributed by atoms with E-state index in [-0.39, 0.29) is 18.5 Å². The van der Waals surface area contributed by atoms with Gasteiger partial charge in [-0.3, -0.25) is 4.79 Å². The number of esters is 1. The van der Waals surface area contributed by atoms with Crippen LogP contribution in [0.5, 0.6) is 11.5 Å². The first-order chi connectivity index (χ1) is 15.5. The van der Waals surface area contributed by atoms with Crippen molar-refractivity contribution >= 4 is 11.8 Å². The normalized spacial score (nSPS) is 15.5. The summed E-state index contributed by atoms with van der Waals surface area (Å²) < 4.78 is 18.8. The molecule has 6 nitrogen and oxygen atoms in total. The number of hydrogen-bond acceptors (Lipinski definition) is 5. The van der Waals surface area contributed by atoms with Crippen LogP contribution in [0.3, 0.4) is 0 Å². The number of aromatic nitrogens is 1. The van der Waals surface area contributed by atoms with Crippen molar-refractivity contribution in [2.75, 3.05) is 13.2 Å². The summed E-state index contributed by atoms with van der Waals surface area (Å²) in [6.45, 7) is 5.13. The number of rotatable bonds is 8. The highest BCUT2D eigenvalue weighted by atomic mass is 16.5. The lowest BCUT2D eigenvalue weighted by atomic mass is 10.1. The van der Waals surface area contributed by atoms with Gasteiger partial charge in [-0.05, 0) is 69.2 Å². The van der Waals surface area contributed by atoms with E-state index in [0.717, 1.165) is 37.4 Å². The van der Waals surface area contributed by atoms with Crippen molar-refractivity contribution in [3.8, 4) is 11.5 Å². The second kappa shape index (κ2) is 9.83. The van der Waals surface area contributed by atoms with Gasteiger partial charge in [0.25, 0.3) is 0 Å². The average molecular weight is 434 g/mol. The van der Waals surface area contributed by atoms with Crippen LogP contribution in [0, 0.1) is 13.8 Å². The van der Waals surface area contributed by atoms with E-state index in [1.165, 1.54) is 0 Å². The predicted molar refractivity (Wildman–Crippen MR) is 120 cm³/mol. The number of ether oxygens (including phenoxy) is 3. The third-order valence-corrected chi connectivity index (χ3v) is 5.69. The molecule has 0 N–H and O–H groups in total. The third-order valence-electron chi connectivity index (χ3n) is 5.69. The summed E-state index contributed by atoms with van der Waals surface area (Å²) in [5.41, 5.74) is 2.82. The van der Waals surface area contributed by atoms with Gasteiger partial charge in [0.05, 0.1) is 11.7 Å². The molecular formula is C26H27NO5. The van der Waals surface area contributed by atoms with E-state index in [4.69, 9.17) is 14.2 Å². The SMILES string of the molecule is Cc1cc(C(=O)COC(=O)c2ccc(Oc3ccccc3)cc2)c(C)n1CC1CCCO1. The molecule has 0 aliphatic carbocycles. The topological polar surface area (TPSA) is 66.8 Å². The molecule has 166 valence electrons. The maximum Gasteiger partial charge on any atom is 0.338 e. The van der Waals surface area contributed by atoms with Crippen molar-refractivity contribution in [2.24, 2.45) is 0 Å². The minimum absolute atomic E-state index is 0.189. The van der Waals surface area contributed by atoms with Gasteiger partial charge in [-0.25, -0.2) is 4.79 Å². The van der Waals surface area contributed by atoms with E-state index in [0.29, 0.717) is 22.6 Å². The smallest absolute Gasteiger partial charge is 0.338 e. The van der Waals surface area contributed by atoms with E-state index in [9.17, 15) is 9.59 Å². The summed E-state index contributed by atoms with van der Waals surface area (Å²) in [5.74, 6) is 0.569. The first-order valence-corrected chi connectivity index (χ1v) is 10.8. The Hall–Kier alpha value is -3.38. The maximum atomic E-state index is 12.7.